The third-order valence-corrected chi connectivity index (χ3v) is 2.93. The summed E-state index contributed by atoms with van der Waals surface area (Å²) in [4.78, 5) is 14.7. The van der Waals surface area contributed by atoms with Crippen LogP contribution in [0.15, 0.2) is 35.3 Å². The average molecular weight is 263 g/mol. The smallest absolute Gasteiger partial charge is 0.185 e. The number of carbonyl (C=O) groups is 1. The van der Waals surface area contributed by atoms with Gasteiger partial charge in [-0.3, -0.25) is 4.79 Å². The molecule has 1 aromatic carbocycles. The lowest BCUT2D eigenvalue weighted by atomic mass is 10.1. The highest BCUT2D eigenvalue weighted by molar-refractivity contribution is 8.13. The van der Waals surface area contributed by atoms with Gasteiger partial charge in [-0.05, 0) is 24.7 Å². The molecule has 0 spiro atoms. The SMILES string of the molecule is CC(=O)SCCC=Cc1ccccc1N=C=S. The summed E-state index contributed by atoms with van der Waals surface area (Å²) in [5, 5.41) is 2.52. The van der Waals surface area contributed by atoms with Crippen LogP contribution in [0.5, 0.6) is 0 Å². The van der Waals surface area contributed by atoms with Crippen molar-refractivity contribution in [3.05, 3.63) is 35.9 Å². The molecule has 1 aromatic rings. The van der Waals surface area contributed by atoms with E-state index in [0.29, 0.717) is 0 Å². The van der Waals surface area contributed by atoms with Gasteiger partial charge in [0.1, 0.15) is 0 Å². The van der Waals surface area contributed by atoms with Crippen molar-refractivity contribution in [2.24, 2.45) is 4.99 Å². The van der Waals surface area contributed by atoms with E-state index >= 15 is 0 Å². The maximum Gasteiger partial charge on any atom is 0.185 e. The summed E-state index contributed by atoms with van der Waals surface area (Å²) < 4.78 is 0. The molecule has 88 valence electrons. The zero-order valence-corrected chi connectivity index (χ0v) is 11.2. The third kappa shape index (κ3) is 5.59. The molecule has 0 unspecified atom stereocenters. The molecule has 2 nitrogen and oxygen atoms in total. The number of aliphatic imine (C=N–C) groups is 1. The van der Waals surface area contributed by atoms with Crippen molar-refractivity contribution in [1.29, 1.82) is 0 Å². The second-order valence-corrected chi connectivity index (χ2v) is 4.75. The normalized spacial score (nSPS) is 10.2. The number of thiocarbonyl (C=S) groups is 1. The first-order valence-corrected chi connectivity index (χ1v) is 6.60. The zero-order chi connectivity index (χ0) is 12.5. The molecule has 0 aliphatic rings. The summed E-state index contributed by atoms with van der Waals surface area (Å²) in [5.41, 5.74) is 1.83. The summed E-state index contributed by atoms with van der Waals surface area (Å²) in [6.45, 7) is 1.58. The predicted molar refractivity (Wildman–Crippen MR) is 77.9 cm³/mol. The molecule has 0 aromatic heterocycles. The number of allylic oxidation sites excluding steroid dienone is 1. The van der Waals surface area contributed by atoms with Gasteiger partial charge in [0.25, 0.3) is 0 Å². The third-order valence-electron chi connectivity index (χ3n) is 1.99. The Morgan fingerprint density at radius 3 is 3.00 bits per heavy atom. The maximum absolute atomic E-state index is 10.7. The van der Waals surface area contributed by atoms with E-state index in [1.54, 1.807) is 6.92 Å². The average Bonchev–Trinajstić information content (AvgIpc) is 2.31. The van der Waals surface area contributed by atoms with Gasteiger partial charge in [-0.25, -0.2) is 0 Å². The molecule has 0 saturated carbocycles. The van der Waals surface area contributed by atoms with Gasteiger partial charge in [-0.2, -0.15) is 4.99 Å². The fourth-order valence-corrected chi connectivity index (χ4v) is 1.90. The molecule has 0 heterocycles. The minimum absolute atomic E-state index is 0.157. The van der Waals surface area contributed by atoms with Gasteiger partial charge in [0.15, 0.2) is 5.12 Å². The predicted octanol–water partition coefficient (Wildman–Crippen LogP) is 4.10. The largest absolute Gasteiger partial charge is 0.288 e. The van der Waals surface area contributed by atoms with E-state index in [1.165, 1.54) is 11.8 Å². The van der Waals surface area contributed by atoms with E-state index in [2.05, 4.69) is 22.4 Å². The van der Waals surface area contributed by atoms with Crippen LogP contribution in [-0.2, 0) is 4.79 Å². The molecule has 0 radical (unpaired) electrons. The summed E-state index contributed by atoms with van der Waals surface area (Å²) in [6, 6.07) is 7.73. The molecule has 0 fully saturated rings. The van der Waals surface area contributed by atoms with Crippen molar-refractivity contribution in [1.82, 2.24) is 0 Å². The molecule has 0 aliphatic heterocycles. The first-order valence-electron chi connectivity index (χ1n) is 5.21. The fourth-order valence-electron chi connectivity index (χ4n) is 1.26. The Hall–Kier alpha value is -1.22. The van der Waals surface area contributed by atoms with Gasteiger partial charge in [0, 0.05) is 18.2 Å². The lowest BCUT2D eigenvalue weighted by molar-refractivity contribution is -0.109. The summed E-state index contributed by atoms with van der Waals surface area (Å²) in [7, 11) is 0. The number of hydrogen-bond acceptors (Lipinski definition) is 4. The lowest BCUT2D eigenvalue weighted by Crippen LogP contribution is -1.83. The van der Waals surface area contributed by atoms with E-state index in [9.17, 15) is 4.79 Å². The van der Waals surface area contributed by atoms with E-state index in [4.69, 9.17) is 0 Å². The molecule has 17 heavy (non-hydrogen) atoms. The van der Waals surface area contributed by atoms with Gasteiger partial charge >= 0.3 is 0 Å². The summed E-state index contributed by atoms with van der Waals surface area (Å²) in [6.07, 6.45) is 4.89. The van der Waals surface area contributed by atoms with Crippen molar-refractivity contribution in [3.8, 4) is 0 Å². The Balaban J connectivity index is 2.58. The number of benzene rings is 1. The Labute approximate surface area is 111 Å². The highest BCUT2D eigenvalue weighted by atomic mass is 32.2. The van der Waals surface area contributed by atoms with E-state index in [-0.39, 0.29) is 5.12 Å². The van der Waals surface area contributed by atoms with Crippen LogP contribution in [-0.4, -0.2) is 16.0 Å². The molecular formula is C13H13NOS2. The van der Waals surface area contributed by atoms with E-state index < -0.39 is 0 Å². The number of nitrogens with zero attached hydrogens (tertiary/aromatic N) is 1. The van der Waals surface area contributed by atoms with Gasteiger partial charge in [0.2, 0.25) is 0 Å². The molecule has 1 rings (SSSR count). The van der Waals surface area contributed by atoms with Crippen molar-refractivity contribution < 1.29 is 4.79 Å². The summed E-state index contributed by atoms with van der Waals surface area (Å²) in [5.74, 6) is 0.810. The Morgan fingerprint density at radius 1 is 1.53 bits per heavy atom. The number of thioether (sulfide) groups is 1. The number of rotatable bonds is 5. The highest BCUT2D eigenvalue weighted by Gasteiger charge is 1.95. The maximum atomic E-state index is 10.7. The zero-order valence-electron chi connectivity index (χ0n) is 9.55. The minimum atomic E-state index is 0.157. The van der Waals surface area contributed by atoms with E-state index in [1.807, 2.05) is 36.4 Å². The van der Waals surface area contributed by atoms with Crippen molar-refractivity contribution >= 4 is 46.0 Å². The molecule has 0 atom stereocenters. The van der Waals surface area contributed by atoms with E-state index in [0.717, 1.165) is 23.4 Å². The number of isothiocyanates is 1. The van der Waals surface area contributed by atoms with Crippen LogP contribution in [0.4, 0.5) is 5.69 Å². The first kappa shape index (κ1) is 13.8. The Morgan fingerprint density at radius 2 is 2.29 bits per heavy atom. The standard InChI is InChI=1S/C13H13NOS2/c1-11(15)17-9-5-4-7-12-6-2-3-8-13(12)14-10-16/h2-4,6-8H,5,9H2,1H3. The van der Waals surface area contributed by atoms with Gasteiger partial charge in [-0.15, -0.1) is 0 Å². The van der Waals surface area contributed by atoms with Gasteiger partial charge in [-0.1, -0.05) is 42.1 Å². The number of carbonyl (C=O) groups excluding carboxylic acids is 1. The molecule has 0 aliphatic carbocycles. The summed E-state index contributed by atoms with van der Waals surface area (Å²) >= 11 is 5.93. The van der Waals surface area contributed by atoms with Crippen LogP contribution in [0.1, 0.15) is 18.9 Å². The molecular weight excluding hydrogens is 250 g/mol. The van der Waals surface area contributed by atoms with Crippen LogP contribution in [0.2, 0.25) is 0 Å². The Kier molecular flexibility index (Phi) is 6.48. The fraction of sp³-hybridized carbons (Fsp3) is 0.231. The van der Waals surface area contributed by atoms with Crippen molar-refractivity contribution in [2.45, 2.75) is 13.3 Å². The van der Waals surface area contributed by atoms with Crippen LogP contribution < -0.4 is 0 Å². The van der Waals surface area contributed by atoms with Crippen LogP contribution in [0, 0.1) is 0 Å². The Bertz CT molecular complexity index is 462. The molecule has 0 amide bonds. The number of para-hydroxylation sites is 1. The molecule has 4 heteroatoms. The van der Waals surface area contributed by atoms with Crippen LogP contribution in [0.3, 0.4) is 0 Å². The second kappa shape index (κ2) is 7.96. The van der Waals surface area contributed by atoms with Gasteiger partial charge < -0.3 is 0 Å². The van der Waals surface area contributed by atoms with Crippen LogP contribution in [0.25, 0.3) is 6.08 Å². The quantitative estimate of drug-likeness (QED) is 0.455. The minimum Gasteiger partial charge on any atom is -0.288 e. The topological polar surface area (TPSA) is 29.4 Å². The molecule has 0 bridgehead atoms. The van der Waals surface area contributed by atoms with Crippen molar-refractivity contribution in [3.63, 3.8) is 0 Å². The van der Waals surface area contributed by atoms with Gasteiger partial charge in [0.05, 0.1) is 10.8 Å². The first-order chi connectivity index (χ1) is 8.24. The molecule has 0 N–H and O–H groups in total. The number of hydrogen-bond donors (Lipinski definition) is 0. The van der Waals surface area contributed by atoms with Crippen molar-refractivity contribution in [2.75, 3.05) is 5.75 Å². The highest BCUT2D eigenvalue weighted by Crippen LogP contribution is 2.19. The second-order valence-electron chi connectivity index (χ2n) is 3.29. The molecule has 0 saturated heterocycles. The monoisotopic (exact) mass is 263 g/mol. The van der Waals surface area contributed by atoms with Crippen LogP contribution >= 0.6 is 24.0 Å². The lowest BCUT2D eigenvalue weighted by Gasteiger charge is -1.97.